The van der Waals surface area contributed by atoms with Crippen LogP contribution in [0.4, 0.5) is 4.39 Å². The maximum absolute atomic E-state index is 12.0. The number of rotatable bonds is 8. The van der Waals surface area contributed by atoms with Gasteiger partial charge in [-0.1, -0.05) is 48.0 Å². The molecule has 3 nitrogen and oxygen atoms in total. The monoisotopic (exact) mass is 355 g/mol. The molecule has 2 aromatic carbocycles. The molecular weight excluding hydrogens is 329 g/mol. The van der Waals surface area contributed by atoms with E-state index in [4.69, 9.17) is 9.47 Å². The minimum absolute atomic E-state index is 0.127. The molecule has 1 saturated heterocycles. The summed E-state index contributed by atoms with van der Waals surface area (Å²) < 4.78 is 23.0. The lowest BCUT2D eigenvalue weighted by atomic mass is 9.89. The van der Waals surface area contributed by atoms with Crippen molar-refractivity contribution in [2.75, 3.05) is 39.6 Å². The fourth-order valence-corrected chi connectivity index (χ4v) is 3.27. The number of piperidine rings is 1. The maximum Gasteiger partial charge on any atom is 0.120 e. The predicted octanol–water partition coefficient (Wildman–Crippen LogP) is 4.24. The summed E-state index contributed by atoms with van der Waals surface area (Å²) in [6.07, 6.45) is 2.12. The zero-order chi connectivity index (χ0) is 18.0. The lowest BCUT2D eigenvalue weighted by Gasteiger charge is -2.21. The van der Waals surface area contributed by atoms with Gasteiger partial charge >= 0.3 is 0 Å². The molecule has 1 fully saturated rings. The fourth-order valence-electron chi connectivity index (χ4n) is 3.27. The van der Waals surface area contributed by atoms with E-state index in [2.05, 4.69) is 41.7 Å². The Labute approximate surface area is 154 Å². The molecule has 1 aliphatic rings. The molecule has 1 N–H and O–H groups in total. The lowest BCUT2D eigenvalue weighted by molar-refractivity contribution is 0.0897. The largest absolute Gasteiger partial charge is 0.491 e. The summed E-state index contributed by atoms with van der Waals surface area (Å²) in [4.78, 5) is 0. The van der Waals surface area contributed by atoms with Gasteiger partial charge in [0.2, 0.25) is 0 Å². The molecule has 0 unspecified atom stereocenters. The van der Waals surface area contributed by atoms with Crippen molar-refractivity contribution < 1.29 is 13.9 Å². The molecule has 0 spiro atoms. The van der Waals surface area contributed by atoms with Crippen LogP contribution in [0.5, 0.6) is 5.75 Å². The Morgan fingerprint density at radius 2 is 1.65 bits per heavy atom. The van der Waals surface area contributed by atoms with E-state index in [9.17, 15) is 4.39 Å². The second kappa shape index (κ2) is 10.1. The van der Waals surface area contributed by atoms with Gasteiger partial charge in [0.25, 0.3) is 0 Å². The summed E-state index contributed by atoms with van der Waals surface area (Å²) in [6, 6.07) is 18.8. The Balaban J connectivity index is 1.82. The van der Waals surface area contributed by atoms with Crippen molar-refractivity contribution in [3.8, 4) is 5.75 Å². The number of alkyl halides is 1. The molecule has 26 heavy (non-hydrogen) atoms. The quantitative estimate of drug-likeness (QED) is 0.719. The number of ether oxygens (including phenoxy) is 2. The zero-order valence-electron chi connectivity index (χ0n) is 15.0. The second-order valence-electron chi connectivity index (χ2n) is 6.27. The molecule has 0 radical (unpaired) electrons. The molecular formula is C22H26FNO2. The molecule has 4 heteroatoms. The van der Waals surface area contributed by atoms with Crippen molar-refractivity contribution in [2.45, 2.75) is 12.8 Å². The molecule has 0 aromatic heterocycles. The van der Waals surface area contributed by atoms with Gasteiger partial charge in [-0.15, -0.1) is 0 Å². The van der Waals surface area contributed by atoms with Crippen molar-refractivity contribution in [1.29, 1.82) is 0 Å². The van der Waals surface area contributed by atoms with Crippen LogP contribution in [0.15, 0.2) is 60.2 Å². The Morgan fingerprint density at radius 3 is 2.42 bits per heavy atom. The summed E-state index contributed by atoms with van der Waals surface area (Å²) in [5.41, 5.74) is 5.22. The molecule has 138 valence electrons. The molecule has 0 bridgehead atoms. The number of benzene rings is 2. The van der Waals surface area contributed by atoms with Crippen LogP contribution < -0.4 is 10.1 Å². The smallest absolute Gasteiger partial charge is 0.120 e. The Hall–Kier alpha value is -2.17. The highest BCUT2D eigenvalue weighted by molar-refractivity contribution is 5.82. The standard InChI is InChI=1S/C22H26FNO2/c23-11-14-25-15-16-26-21-8-4-7-20(17-21)22(18-5-2-1-3-6-18)19-9-12-24-13-10-19/h1-8,17,24H,9-16H2. The molecule has 0 atom stereocenters. The highest BCUT2D eigenvalue weighted by Crippen LogP contribution is 2.32. The van der Waals surface area contributed by atoms with Gasteiger partial charge in [0.15, 0.2) is 0 Å². The van der Waals surface area contributed by atoms with Crippen LogP contribution >= 0.6 is 0 Å². The van der Waals surface area contributed by atoms with Crippen molar-refractivity contribution >= 4 is 5.57 Å². The minimum Gasteiger partial charge on any atom is -0.491 e. The summed E-state index contributed by atoms with van der Waals surface area (Å²) in [5, 5.41) is 3.43. The molecule has 1 aliphatic heterocycles. The van der Waals surface area contributed by atoms with Gasteiger partial charge in [-0.3, -0.25) is 0 Å². The van der Waals surface area contributed by atoms with E-state index < -0.39 is 6.67 Å². The van der Waals surface area contributed by atoms with Crippen LogP contribution in [-0.4, -0.2) is 39.6 Å². The topological polar surface area (TPSA) is 30.5 Å². The first-order valence-corrected chi connectivity index (χ1v) is 9.23. The highest BCUT2D eigenvalue weighted by Gasteiger charge is 2.15. The number of nitrogens with one attached hydrogen (secondary N) is 1. The van der Waals surface area contributed by atoms with E-state index in [1.807, 2.05) is 18.2 Å². The van der Waals surface area contributed by atoms with Crippen LogP contribution in [0.1, 0.15) is 24.0 Å². The van der Waals surface area contributed by atoms with Crippen LogP contribution in [0, 0.1) is 0 Å². The average Bonchev–Trinajstić information content (AvgIpc) is 2.70. The van der Waals surface area contributed by atoms with Gasteiger partial charge < -0.3 is 14.8 Å². The second-order valence-corrected chi connectivity index (χ2v) is 6.27. The molecule has 3 rings (SSSR count). The number of hydrogen-bond acceptors (Lipinski definition) is 3. The van der Waals surface area contributed by atoms with Crippen molar-refractivity contribution in [2.24, 2.45) is 0 Å². The normalized spacial score (nSPS) is 14.3. The first-order valence-electron chi connectivity index (χ1n) is 9.23. The summed E-state index contributed by atoms with van der Waals surface area (Å²) in [7, 11) is 0. The third-order valence-corrected chi connectivity index (χ3v) is 4.46. The average molecular weight is 355 g/mol. The Morgan fingerprint density at radius 1 is 0.885 bits per heavy atom. The first kappa shape index (κ1) is 18.6. The van der Waals surface area contributed by atoms with Gasteiger partial charge in [-0.2, -0.15) is 0 Å². The van der Waals surface area contributed by atoms with Gasteiger partial charge in [0.05, 0.1) is 13.2 Å². The van der Waals surface area contributed by atoms with Gasteiger partial charge in [0.1, 0.15) is 19.0 Å². The van der Waals surface area contributed by atoms with Crippen molar-refractivity contribution in [1.82, 2.24) is 5.32 Å². The summed E-state index contributed by atoms with van der Waals surface area (Å²) in [5.74, 6) is 0.814. The highest BCUT2D eigenvalue weighted by atomic mass is 19.1. The van der Waals surface area contributed by atoms with E-state index in [1.165, 1.54) is 22.3 Å². The van der Waals surface area contributed by atoms with E-state index in [1.54, 1.807) is 0 Å². The maximum atomic E-state index is 12.0. The number of hydrogen-bond donors (Lipinski definition) is 1. The molecule has 1 heterocycles. The summed E-state index contributed by atoms with van der Waals surface area (Å²) in [6.45, 7) is 2.53. The SMILES string of the molecule is FCCOCCOc1cccc(C(=C2CCNCC2)c2ccccc2)c1. The van der Waals surface area contributed by atoms with Gasteiger partial charge in [-0.25, -0.2) is 4.39 Å². The molecule has 2 aromatic rings. The van der Waals surface area contributed by atoms with E-state index in [0.29, 0.717) is 13.2 Å². The molecule has 0 saturated carbocycles. The first-order chi connectivity index (χ1) is 12.9. The third-order valence-electron chi connectivity index (χ3n) is 4.46. The van der Waals surface area contributed by atoms with Crippen LogP contribution in [0.3, 0.4) is 0 Å². The zero-order valence-corrected chi connectivity index (χ0v) is 15.0. The predicted molar refractivity (Wildman–Crippen MR) is 103 cm³/mol. The summed E-state index contributed by atoms with van der Waals surface area (Å²) >= 11 is 0. The van der Waals surface area contributed by atoms with E-state index in [-0.39, 0.29) is 6.61 Å². The van der Waals surface area contributed by atoms with Gasteiger partial charge in [0, 0.05) is 0 Å². The Kier molecular flexibility index (Phi) is 7.23. The van der Waals surface area contributed by atoms with Crippen molar-refractivity contribution in [3.05, 3.63) is 71.3 Å². The Bertz CT molecular complexity index is 707. The van der Waals surface area contributed by atoms with Gasteiger partial charge in [-0.05, 0) is 54.8 Å². The van der Waals surface area contributed by atoms with Crippen LogP contribution in [-0.2, 0) is 4.74 Å². The fraction of sp³-hybridized carbons (Fsp3) is 0.364. The third kappa shape index (κ3) is 5.16. The van der Waals surface area contributed by atoms with E-state index >= 15 is 0 Å². The van der Waals surface area contributed by atoms with Crippen LogP contribution in [0.25, 0.3) is 5.57 Å². The van der Waals surface area contributed by atoms with Crippen molar-refractivity contribution in [3.63, 3.8) is 0 Å². The lowest BCUT2D eigenvalue weighted by Crippen LogP contribution is -2.23. The molecule has 0 amide bonds. The molecule has 0 aliphatic carbocycles. The van der Waals surface area contributed by atoms with E-state index in [0.717, 1.165) is 31.7 Å². The number of halogens is 1. The van der Waals surface area contributed by atoms with Crippen LogP contribution in [0.2, 0.25) is 0 Å². The minimum atomic E-state index is -0.460.